The molecule has 0 aromatic heterocycles. The SMILES string of the molecule is CCCCC/C=C\CC1OC1CCCCCCCC(=O)O[C@H](COC(=O)CCCCCCCCCCCCCCCCCCCCC)COP(=O)(O)OCCN. The van der Waals surface area contributed by atoms with Gasteiger partial charge in [0.25, 0.3) is 0 Å². The summed E-state index contributed by atoms with van der Waals surface area (Å²) in [5, 5.41) is 0. The molecule has 1 aliphatic rings. The standard InChI is InChI=1S/C45H86NO9P/c1-3-5-7-9-11-12-13-14-15-16-17-18-19-20-21-22-23-27-31-35-44(47)51-39-41(40-53-56(49,50)52-38-37-46)54-45(48)36-32-28-24-26-30-34-43-42(55-43)33-29-25-10-8-6-4-2/h25,29,41-43H,3-24,26-28,30-40,46H2,1-2H3,(H,49,50)/b29-25-/t41-,42?,43?/m1/s1. The van der Waals surface area contributed by atoms with E-state index in [1.165, 1.54) is 122 Å². The number of rotatable bonds is 43. The Kier molecular flexibility index (Phi) is 35.7. The molecule has 1 heterocycles. The molecule has 3 N–H and O–H groups in total. The van der Waals surface area contributed by atoms with Crippen molar-refractivity contribution in [2.24, 2.45) is 5.73 Å². The summed E-state index contributed by atoms with van der Waals surface area (Å²) in [6, 6.07) is 0. The van der Waals surface area contributed by atoms with Crippen molar-refractivity contribution >= 4 is 19.8 Å². The maximum absolute atomic E-state index is 12.6. The summed E-state index contributed by atoms with van der Waals surface area (Å²) < 4.78 is 38.7. The zero-order valence-corrected chi connectivity index (χ0v) is 37.0. The first kappa shape index (κ1) is 52.7. The van der Waals surface area contributed by atoms with E-state index in [0.29, 0.717) is 18.6 Å². The lowest BCUT2D eigenvalue weighted by Gasteiger charge is -2.19. The summed E-state index contributed by atoms with van der Waals surface area (Å²) in [6.07, 6.45) is 41.2. The fourth-order valence-electron chi connectivity index (χ4n) is 7.00. The molecule has 330 valence electrons. The number of hydrogen-bond acceptors (Lipinski definition) is 9. The average molecular weight is 816 g/mol. The molecule has 0 aliphatic carbocycles. The van der Waals surface area contributed by atoms with Gasteiger partial charge in [-0.2, -0.15) is 0 Å². The highest BCUT2D eigenvalue weighted by atomic mass is 31.2. The number of allylic oxidation sites excluding steroid dienone is 1. The highest BCUT2D eigenvalue weighted by molar-refractivity contribution is 7.47. The van der Waals surface area contributed by atoms with Gasteiger partial charge in [-0.15, -0.1) is 0 Å². The van der Waals surface area contributed by atoms with Gasteiger partial charge in [0, 0.05) is 19.4 Å². The van der Waals surface area contributed by atoms with Crippen LogP contribution in [0.2, 0.25) is 0 Å². The van der Waals surface area contributed by atoms with Crippen LogP contribution in [0.3, 0.4) is 0 Å². The lowest BCUT2D eigenvalue weighted by molar-refractivity contribution is -0.161. The van der Waals surface area contributed by atoms with Gasteiger partial charge in [-0.3, -0.25) is 18.6 Å². The van der Waals surface area contributed by atoms with Crippen molar-refractivity contribution in [3.63, 3.8) is 0 Å². The largest absolute Gasteiger partial charge is 0.472 e. The van der Waals surface area contributed by atoms with Gasteiger partial charge in [-0.05, 0) is 38.5 Å². The number of unbranched alkanes of at least 4 members (excludes halogenated alkanes) is 25. The Hall–Kier alpha value is -1.29. The van der Waals surface area contributed by atoms with Gasteiger partial charge in [0.1, 0.15) is 6.61 Å². The van der Waals surface area contributed by atoms with Crippen molar-refractivity contribution in [1.82, 2.24) is 0 Å². The summed E-state index contributed by atoms with van der Waals surface area (Å²) in [6.45, 7) is 3.71. The van der Waals surface area contributed by atoms with Gasteiger partial charge >= 0.3 is 19.8 Å². The second-order valence-electron chi connectivity index (χ2n) is 16.0. The van der Waals surface area contributed by atoms with E-state index in [1.807, 2.05) is 0 Å². The Bertz CT molecular complexity index is 997. The number of hydrogen-bond donors (Lipinski definition) is 2. The molecule has 1 saturated heterocycles. The fourth-order valence-corrected chi connectivity index (χ4v) is 7.76. The number of esters is 2. The molecule has 10 nitrogen and oxygen atoms in total. The first-order chi connectivity index (χ1) is 27.3. The smallest absolute Gasteiger partial charge is 0.462 e. The first-order valence-electron chi connectivity index (χ1n) is 23.3. The molecule has 0 radical (unpaired) electrons. The van der Waals surface area contributed by atoms with Crippen LogP contribution in [0.25, 0.3) is 0 Å². The van der Waals surface area contributed by atoms with Crippen LogP contribution in [0.1, 0.15) is 219 Å². The van der Waals surface area contributed by atoms with Crippen LogP contribution in [0.5, 0.6) is 0 Å². The van der Waals surface area contributed by atoms with Crippen molar-refractivity contribution in [2.45, 2.75) is 238 Å². The minimum absolute atomic E-state index is 0.0507. The summed E-state index contributed by atoms with van der Waals surface area (Å²) >= 11 is 0. The molecular formula is C45H86NO9P. The van der Waals surface area contributed by atoms with E-state index in [0.717, 1.165) is 64.2 Å². The number of ether oxygens (including phenoxy) is 3. The summed E-state index contributed by atoms with van der Waals surface area (Å²) in [7, 11) is -4.38. The maximum atomic E-state index is 12.6. The fraction of sp³-hybridized carbons (Fsp3) is 0.911. The van der Waals surface area contributed by atoms with Gasteiger partial charge in [0.2, 0.25) is 0 Å². The predicted molar refractivity (Wildman–Crippen MR) is 229 cm³/mol. The van der Waals surface area contributed by atoms with Crippen LogP contribution in [0.15, 0.2) is 12.2 Å². The van der Waals surface area contributed by atoms with Crippen LogP contribution in [0, 0.1) is 0 Å². The van der Waals surface area contributed by atoms with Crippen LogP contribution >= 0.6 is 7.82 Å². The molecule has 0 aromatic rings. The lowest BCUT2D eigenvalue weighted by atomic mass is 10.0. The quantitative estimate of drug-likeness (QED) is 0.0200. The zero-order chi connectivity index (χ0) is 40.8. The van der Waals surface area contributed by atoms with Gasteiger partial charge in [-0.1, -0.05) is 180 Å². The molecular weight excluding hydrogens is 729 g/mol. The Morgan fingerprint density at radius 1 is 0.625 bits per heavy atom. The minimum Gasteiger partial charge on any atom is -0.462 e. The Labute approximate surface area is 343 Å². The number of nitrogens with two attached hydrogens (primary N) is 1. The molecule has 0 saturated carbocycles. The van der Waals surface area contributed by atoms with E-state index >= 15 is 0 Å². The molecule has 1 fully saturated rings. The molecule has 3 unspecified atom stereocenters. The third kappa shape index (κ3) is 34.7. The number of carbonyl (C=O) groups is 2. The number of epoxide rings is 1. The summed E-state index contributed by atoms with van der Waals surface area (Å²) in [4.78, 5) is 35.0. The van der Waals surface area contributed by atoms with E-state index in [4.69, 9.17) is 29.0 Å². The van der Waals surface area contributed by atoms with Crippen LogP contribution < -0.4 is 5.73 Å². The summed E-state index contributed by atoms with van der Waals surface area (Å²) in [5.74, 6) is -0.840. The third-order valence-electron chi connectivity index (χ3n) is 10.6. The summed E-state index contributed by atoms with van der Waals surface area (Å²) in [5.41, 5.74) is 5.35. The van der Waals surface area contributed by atoms with Crippen molar-refractivity contribution in [2.75, 3.05) is 26.4 Å². The van der Waals surface area contributed by atoms with Gasteiger partial charge in [-0.25, -0.2) is 4.57 Å². The van der Waals surface area contributed by atoms with Crippen molar-refractivity contribution in [1.29, 1.82) is 0 Å². The van der Waals surface area contributed by atoms with Crippen LogP contribution in [-0.4, -0.2) is 61.5 Å². The lowest BCUT2D eigenvalue weighted by Crippen LogP contribution is -2.29. The topological polar surface area (TPSA) is 147 Å². The van der Waals surface area contributed by atoms with Gasteiger partial charge in [0.15, 0.2) is 6.10 Å². The van der Waals surface area contributed by atoms with E-state index in [1.54, 1.807) is 0 Å². The molecule has 0 amide bonds. The predicted octanol–water partition coefficient (Wildman–Crippen LogP) is 12.4. The second kappa shape index (κ2) is 37.9. The monoisotopic (exact) mass is 816 g/mol. The number of carbonyl (C=O) groups excluding carboxylic acids is 2. The van der Waals surface area contributed by atoms with E-state index in [9.17, 15) is 19.0 Å². The number of phosphoric acid groups is 1. The van der Waals surface area contributed by atoms with Gasteiger partial charge in [0.05, 0.1) is 25.4 Å². The molecule has 11 heteroatoms. The third-order valence-corrected chi connectivity index (χ3v) is 11.6. The minimum atomic E-state index is -4.38. The molecule has 1 aliphatic heterocycles. The van der Waals surface area contributed by atoms with Crippen molar-refractivity contribution in [3.8, 4) is 0 Å². The highest BCUT2D eigenvalue weighted by Gasteiger charge is 2.36. The van der Waals surface area contributed by atoms with Crippen LogP contribution in [-0.2, 0) is 37.4 Å². The van der Waals surface area contributed by atoms with E-state index in [2.05, 4.69) is 26.0 Å². The molecule has 56 heavy (non-hydrogen) atoms. The van der Waals surface area contributed by atoms with E-state index < -0.39 is 26.5 Å². The average Bonchev–Trinajstić information content (AvgIpc) is 3.94. The highest BCUT2D eigenvalue weighted by Crippen LogP contribution is 2.43. The normalized spacial score (nSPS) is 16.9. The molecule has 4 atom stereocenters. The van der Waals surface area contributed by atoms with Crippen molar-refractivity contribution in [3.05, 3.63) is 12.2 Å². The van der Waals surface area contributed by atoms with E-state index in [-0.39, 0.29) is 38.6 Å². The Morgan fingerprint density at radius 2 is 1.11 bits per heavy atom. The Morgan fingerprint density at radius 3 is 1.64 bits per heavy atom. The molecule has 0 aromatic carbocycles. The maximum Gasteiger partial charge on any atom is 0.472 e. The molecule has 1 rings (SSSR count). The molecule has 0 spiro atoms. The Balaban J connectivity index is 2.13. The number of phosphoric ester groups is 1. The van der Waals surface area contributed by atoms with Crippen LogP contribution in [0.4, 0.5) is 0 Å². The second-order valence-corrected chi connectivity index (χ2v) is 17.5. The van der Waals surface area contributed by atoms with Crippen molar-refractivity contribution < 1.29 is 42.3 Å². The first-order valence-corrected chi connectivity index (χ1v) is 24.8. The molecule has 0 bridgehead atoms. The zero-order valence-electron chi connectivity index (χ0n) is 36.1. The van der Waals surface area contributed by atoms with Gasteiger partial charge < -0.3 is 24.8 Å².